The number of fused-ring (bicyclic) bond motifs is 1. The maximum atomic E-state index is 10.5. The number of nitrogens with two attached hydrogens (primary N) is 1. The van der Waals surface area contributed by atoms with Crippen molar-refractivity contribution in [2.45, 2.75) is 52.4 Å². The number of anilines is 1. The average molecular weight is 390 g/mol. The second kappa shape index (κ2) is 10.4. The number of hydrogen-bond acceptors (Lipinski definition) is 5. The average Bonchev–Trinajstić information content (AvgIpc) is 3.08. The van der Waals surface area contributed by atoms with Gasteiger partial charge in [0.25, 0.3) is 0 Å². The summed E-state index contributed by atoms with van der Waals surface area (Å²) in [5, 5.41) is 0. The van der Waals surface area contributed by atoms with Crippen LogP contribution in [-0.4, -0.2) is 20.8 Å². The largest absolute Gasteiger partial charge is 0.382 e. The maximum Gasteiger partial charge on any atom is 0.151 e. The van der Waals surface area contributed by atoms with E-state index in [4.69, 9.17) is 15.5 Å². The van der Waals surface area contributed by atoms with Crippen molar-refractivity contribution in [1.29, 1.82) is 0 Å². The van der Waals surface area contributed by atoms with E-state index >= 15 is 0 Å². The first-order chi connectivity index (χ1) is 14.2. The van der Waals surface area contributed by atoms with Gasteiger partial charge in [-0.1, -0.05) is 55.5 Å². The molecule has 0 saturated carbocycles. The lowest BCUT2D eigenvalue weighted by Crippen LogP contribution is -2.06. The number of unbranched alkanes of at least 4 members (excludes halogenated alkanes) is 2. The van der Waals surface area contributed by atoms with Gasteiger partial charge in [-0.25, -0.2) is 9.97 Å². The van der Waals surface area contributed by atoms with Crippen LogP contribution in [0.2, 0.25) is 0 Å². The van der Waals surface area contributed by atoms with Gasteiger partial charge in [-0.2, -0.15) is 0 Å². The Balaban J connectivity index is 1.88. The molecule has 1 aromatic carbocycles. The Morgan fingerprint density at radius 3 is 2.83 bits per heavy atom. The molecule has 2 aromatic heterocycles. The van der Waals surface area contributed by atoms with Crippen LogP contribution >= 0.6 is 0 Å². The van der Waals surface area contributed by atoms with Crippen LogP contribution in [0.5, 0.6) is 0 Å². The number of rotatable bonds is 9. The highest BCUT2D eigenvalue weighted by Gasteiger charge is 2.15. The highest BCUT2D eigenvalue weighted by molar-refractivity contribution is 5.90. The fraction of sp³-hybridized carbons (Fsp3) is 0.348. The number of nitrogens with zero attached hydrogens (tertiary/aromatic N) is 3. The van der Waals surface area contributed by atoms with Gasteiger partial charge in [0.1, 0.15) is 29.9 Å². The van der Waals surface area contributed by atoms with Crippen molar-refractivity contribution in [3.63, 3.8) is 0 Å². The monoisotopic (exact) mass is 390 g/mol. The lowest BCUT2D eigenvalue weighted by Gasteiger charge is -2.09. The minimum absolute atomic E-state index is 0.323. The van der Waals surface area contributed by atoms with E-state index < -0.39 is 0 Å². The Morgan fingerprint density at radius 2 is 2.07 bits per heavy atom. The Hall–Kier alpha value is -3.17. The van der Waals surface area contributed by atoms with Crippen molar-refractivity contribution >= 4 is 23.1 Å². The zero-order valence-corrected chi connectivity index (χ0v) is 16.7. The molecule has 3 aromatic rings. The molecule has 29 heavy (non-hydrogen) atoms. The quantitative estimate of drug-likeness (QED) is 0.341. The van der Waals surface area contributed by atoms with Crippen molar-refractivity contribution in [1.82, 2.24) is 14.5 Å². The van der Waals surface area contributed by atoms with Gasteiger partial charge in [0.15, 0.2) is 5.82 Å². The first-order valence-electron chi connectivity index (χ1n) is 9.92. The molecule has 3 rings (SSSR count). The molecule has 6 heteroatoms. The third-order valence-electron chi connectivity index (χ3n) is 4.49. The molecule has 0 bridgehead atoms. The molecule has 0 radical (unpaired) electrons. The Morgan fingerprint density at radius 1 is 1.24 bits per heavy atom. The number of aryl methyl sites for hydroxylation is 1. The summed E-state index contributed by atoms with van der Waals surface area (Å²) < 4.78 is 7.78. The molecule has 150 valence electrons. The van der Waals surface area contributed by atoms with Gasteiger partial charge in [-0.15, -0.1) is 0 Å². The zero-order valence-electron chi connectivity index (χ0n) is 16.7. The van der Waals surface area contributed by atoms with Gasteiger partial charge in [0.05, 0.1) is 12.2 Å². The van der Waals surface area contributed by atoms with Crippen molar-refractivity contribution in [2.75, 3.05) is 5.73 Å². The van der Waals surface area contributed by atoms with Crippen LogP contribution in [0, 0.1) is 11.8 Å². The minimum atomic E-state index is 0.323. The van der Waals surface area contributed by atoms with Gasteiger partial charge in [-0.05, 0) is 12.0 Å². The molecular formula is C23H26N4O2. The summed E-state index contributed by atoms with van der Waals surface area (Å²) >= 11 is 0. The summed E-state index contributed by atoms with van der Waals surface area (Å²) in [5.41, 5.74) is 9.64. The summed E-state index contributed by atoms with van der Waals surface area (Å²) in [6, 6.07) is 10.00. The summed E-state index contributed by atoms with van der Waals surface area (Å²) in [6.45, 7) is 2.95. The molecule has 0 aliphatic carbocycles. The second-order valence-corrected chi connectivity index (χ2v) is 6.81. The van der Waals surface area contributed by atoms with Crippen LogP contribution in [0.3, 0.4) is 0 Å². The predicted octanol–water partition coefficient (Wildman–Crippen LogP) is 3.86. The SMILES string of the molecule is CCCCc1nc(N)c2c(n1)c(C#CCCC=O)cn2COCc1ccccc1. The molecule has 2 N–H and O–H groups in total. The van der Waals surface area contributed by atoms with Crippen molar-refractivity contribution < 1.29 is 9.53 Å². The summed E-state index contributed by atoms with van der Waals surface area (Å²) in [4.78, 5) is 19.7. The van der Waals surface area contributed by atoms with Gasteiger partial charge in [-0.3, -0.25) is 0 Å². The Kier molecular flexibility index (Phi) is 7.37. The summed E-state index contributed by atoms with van der Waals surface area (Å²) in [5.74, 6) is 7.33. The van der Waals surface area contributed by atoms with Gasteiger partial charge < -0.3 is 19.8 Å². The summed E-state index contributed by atoms with van der Waals surface area (Å²) in [7, 11) is 0. The van der Waals surface area contributed by atoms with E-state index in [1.807, 2.05) is 41.1 Å². The van der Waals surface area contributed by atoms with E-state index in [9.17, 15) is 4.79 Å². The number of carbonyl (C=O) groups is 1. The van der Waals surface area contributed by atoms with Crippen LogP contribution in [0.15, 0.2) is 36.5 Å². The van der Waals surface area contributed by atoms with Crippen molar-refractivity contribution in [3.8, 4) is 11.8 Å². The lowest BCUT2D eigenvalue weighted by molar-refractivity contribution is -0.107. The van der Waals surface area contributed by atoms with E-state index in [0.29, 0.717) is 32.0 Å². The molecule has 2 heterocycles. The first kappa shape index (κ1) is 20.6. The molecule has 0 aliphatic rings. The minimum Gasteiger partial charge on any atom is -0.382 e. The van der Waals surface area contributed by atoms with Gasteiger partial charge in [0.2, 0.25) is 0 Å². The topological polar surface area (TPSA) is 83.0 Å². The van der Waals surface area contributed by atoms with Crippen LogP contribution in [0.25, 0.3) is 11.0 Å². The van der Waals surface area contributed by atoms with Gasteiger partial charge >= 0.3 is 0 Å². The number of aromatic nitrogens is 3. The van der Waals surface area contributed by atoms with E-state index in [0.717, 1.165) is 53.5 Å². The maximum absolute atomic E-state index is 10.5. The van der Waals surface area contributed by atoms with Gasteiger partial charge in [0, 0.05) is 25.5 Å². The Bertz CT molecular complexity index is 1020. The van der Waals surface area contributed by atoms with E-state index in [2.05, 4.69) is 23.7 Å². The standard InChI is InChI=1S/C23H26N4O2/c1-2-3-13-20-25-21-19(12-8-5-9-14-28)15-27(22(21)23(24)26-20)17-29-16-18-10-6-4-7-11-18/h4,6-7,10-11,14-15H,2-3,5,9,13,16-17H2,1H3,(H2,24,25,26). The van der Waals surface area contributed by atoms with Crippen LogP contribution in [-0.2, 0) is 29.3 Å². The summed E-state index contributed by atoms with van der Waals surface area (Å²) in [6.07, 6.45) is 6.57. The van der Waals surface area contributed by atoms with Crippen molar-refractivity contribution in [2.24, 2.45) is 0 Å². The van der Waals surface area contributed by atoms with Crippen LogP contribution < -0.4 is 5.73 Å². The van der Waals surface area contributed by atoms with E-state index in [1.165, 1.54) is 0 Å². The number of carbonyl (C=O) groups excluding carboxylic acids is 1. The third-order valence-corrected chi connectivity index (χ3v) is 4.49. The molecule has 0 atom stereocenters. The van der Waals surface area contributed by atoms with E-state index in [1.54, 1.807) is 0 Å². The molecule has 0 saturated heterocycles. The Labute approximate surface area is 171 Å². The predicted molar refractivity (Wildman–Crippen MR) is 114 cm³/mol. The normalized spacial score (nSPS) is 10.7. The number of aldehydes is 1. The fourth-order valence-corrected chi connectivity index (χ4v) is 3.04. The number of benzene rings is 1. The third kappa shape index (κ3) is 5.43. The highest BCUT2D eigenvalue weighted by atomic mass is 16.5. The zero-order chi connectivity index (χ0) is 20.5. The number of hydrogen-bond donors (Lipinski definition) is 1. The van der Waals surface area contributed by atoms with Crippen LogP contribution in [0.1, 0.15) is 49.6 Å². The second-order valence-electron chi connectivity index (χ2n) is 6.81. The molecule has 0 spiro atoms. The highest BCUT2D eigenvalue weighted by Crippen LogP contribution is 2.24. The lowest BCUT2D eigenvalue weighted by atomic mass is 10.2. The van der Waals surface area contributed by atoms with Crippen molar-refractivity contribution in [3.05, 3.63) is 53.5 Å². The molecule has 0 fully saturated rings. The fourth-order valence-electron chi connectivity index (χ4n) is 3.04. The molecule has 6 nitrogen and oxygen atoms in total. The first-order valence-corrected chi connectivity index (χ1v) is 9.92. The number of nitrogen functional groups attached to an aromatic ring is 1. The van der Waals surface area contributed by atoms with E-state index in [-0.39, 0.29) is 0 Å². The molecule has 0 unspecified atom stereocenters. The molecular weight excluding hydrogens is 364 g/mol. The smallest absolute Gasteiger partial charge is 0.151 e. The number of ether oxygens (including phenoxy) is 1. The molecule has 0 aliphatic heterocycles. The molecule has 0 amide bonds. The van der Waals surface area contributed by atoms with Crippen LogP contribution in [0.4, 0.5) is 5.82 Å².